The van der Waals surface area contributed by atoms with Gasteiger partial charge in [-0.2, -0.15) is 0 Å². The molecule has 1 amide bonds. The minimum absolute atomic E-state index is 0.0338. The third-order valence-corrected chi connectivity index (χ3v) is 6.24. The Labute approximate surface area is 180 Å². The van der Waals surface area contributed by atoms with Crippen LogP contribution in [0.1, 0.15) is 49.7 Å². The molecule has 0 radical (unpaired) electrons. The minimum atomic E-state index is -0.855. The lowest BCUT2D eigenvalue weighted by Gasteiger charge is -2.36. The average Bonchev–Trinajstić information content (AvgIpc) is 2.74. The van der Waals surface area contributed by atoms with Crippen LogP contribution >= 0.6 is 0 Å². The molecule has 8 nitrogen and oxygen atoms in total. The van der Waals surface area contributed by atoms with Gasteiger partial charge in [0.25, 0.3) is 0 Å². The van der Waals surface area contributed by atoms with Gasteiger partial charge in [-0.25, -0.2) is 4.79 Å². The Morgan fingerprint density at radius 3 is 2.48 bits per heavy atom. The van der Waals surface area contributed by atoms with Crippen LogP contribution in [0.4, 0.5) is 0 Å². The molecule has 0 saturated heterocycles. The molecular formula is C23H29NO7. The Morgan fingerprint density at radius 2 is 1.87 bits per heavy atom. The summed E-state index contributed by atoms with van der Waals surface area (Å²) in [4.78, 5) is 36.6. The summed E-state index contributed by atoms with van der Waals surface area (Å²) in [7, 11) is 2.96. The van der Waals surface area contributed by atoms with E-state index in [1.807, 2.05) is 0 Å². The molecule has 1 aliphatic carbocycles. The van der Waals surface area contributed by atoms with Crippen LogP contribution in [-0.4, -0.2) is 37.7 Å². The Balaban J connectivity index is 1.82. The van der Waals surface area contributed by atoms with Crippen LogP contribution < -0.4 is 20.4 Å². The van der Waals surface area contributed by atoms with E-state index in [9.17, 15) is 19.5 Å². The summed E-state index contributed by atoms with van der Waals surface area (Å²) in [6.45, 7) is 2.06. The first kappa shape index (κ1) is 22.7. The van der Waals surface area contributed by atoms with Crippen molar-refractivity contribution in [1.82, 2.24) is 5.32 Å². The van der Waals surface area contributed by atoms with Crippen molar-refractivity contribution in [3.05, 3.63) is 33.7 Å². The van der Waals surface area contributed by atoms with Gasteiger partial charge in [0, 0.05) is 11.9 Å². The summed E-state index contributed by atoms with van der Waals surface area (Å²) in [5.41, 5.74) is 0.154. The number of aliphatic carboxylic acids is 1. The molecule has 0 atom stereocenters. The zero-order valence-electron chi connectivity index (χ0n) is 18.2. The highest BCUT2D eigenvalue weighted by atomic mass is 16.5. The highest BCUT2D eigenvalue weighted by Crippen LogP contribution is 2.39. The number of methoxy groups -OCH3 is 2. The molecule has 1 aliphatic rings. The molecule has 1 heterocycles. The summed E-state index contributed by atoms with van der Waals surface area (Å²) >= 11 is 0. The fraction of sp³-hybridized carbons (Fsp3) is 0.522. The van der Waals surface area contributed by atoms with E-state index < -0.39 is 17.0 Å². The highest BCUT2D eigenvalue weighted by molar-refractivity contribution is 5.89. The number of nitrogens with one attached hydrogen (secondary N) is 1. The standard InChI is InChI=1S/C23H29NO7/c1-14-15-7-8-17(29-2)21(30-3)20(15)31-22(28)16(14)11-18(25)24-13-23(12-19(26)27)9-5-4-6-10-23/h7-8H,4-6,9-13H2,1-3H3,(H,24,25)(H,26,27). The van der Waals surface area contributed by atoms with Gasteiger partial charge in [-0.15, -0.1) is 0 Å². The van der Waals surface area contributed by atoms with Crippen molar-refractivity contribution >= 4 is 22.8 Å². The van der Waals surface area contributed by atoms with Crippen molar-refractivity contribution in [2.75, 3.05) is 20.8 Å². The van der Waals surface area contributed by atoms with Gasteiger partial charge >= 0.3 is 11.6 Å². The Bertz CT molecular complexity index is 1030. The van der Waals surface area contributed by atoms with E-state index in [4.69, 9.17) is 13.9 Å². The molecule has 1 saturated carbocycles. The lowest BCUT2D eigenvalue weighted by atomic mass is 9.71. The van der Waals surface area contributed by atoms with E-state index in [-0.39, 0.29) is 29.9 Å². The predicted octanol–water partition coefficient (Wildman–Crippen LogP) is 3.20. The topological polar surface area (TPSA) is 115 Å². The van der Waals surface area contributed by atoms with Crippen LogP contribution in [0.15, 0.2) is 21.3 Å². The van der Waals surface area contributed by atoms with Gasteiger partial charge in [0.1, 0.15) is 0 Å². The number of benzene rings is 1. The number of hydrogen-bond acceptors (Lipinski definition) is 6. The van der Waals surface area contributed by atoms with E-state index >= 15 is 0 Å². The number of amides is 1. The van der Waals surface area contributed by atoms with Crippen LogP contribution in [-0.2, 0) is 16.0 Å². The normalized spacial score (nSPS) is 15.5. The molecule has 8 heteroatoms. The minimum Gasteiger partial charge on any atom is -0.493 e. The first-order valence-corrected chi connectivity index (χ1v) is 10.5. The molecule has 1 aromatic heterocycles. The molecule has 1 fully saturated rings. The monoisotopic (exact) mass is 431 g/mol. The molecular weight excluding hydrogens is 402 g/mol. The van der Waals surface area contributed by atoms with Crippen LogP contribution in [0, 0.1) is 12.3 Å². The van der Waals surface area contributed by atoms with Gasteiger partial charge in [0.05, 0.1) is 32.6 Å². The van der Waals surface area contributed by atoms with Gasteiger partial charge in [-0.3, -0.25) is 9.59 Å². The summed E-state index contributed by atoms with van der Waals surface area (Å²) in [5, 5.41) is 12.8. The number of ether oxygens (including phenoxy) is 2. The van der Waals surface area contributed by atoms with Crippen LogP contribution in [0.3, 0.4) is 0 Å². The van der Waals surface area contributed by atoms with E-state index in [1.54, 1.807) is 19.1 Å². The quantitative estimate of drug-likeness (QED) is 0.617. The number of rotatable bonds is 8. The van der Waals surface area contributed by atoms with Crippen molar-refractivity contribution in [2.45, 2.75) is 51.9 Å². The van der Waals surface area contributed by atoms with Crippen molar-refractivity contribution < 1.29 is 28.6 Å². The molecule has 0 aliphatic heterocycles. The number of carbonyl (C=O) groups excluding carboxylic acids is 1. The number of hydrogen-bond donors (Lipinski definition) is 2. The van der Waals surface area contributed by atoms with Crippen molar-refractivity contribution in [3.63, 3.8) is 0 Å². The fourth-order valence-electron chi connectivity index (χ4n) is 4.52. The summed E-state index contributed by atoms with van der Waals surface area (Å²) < 4.78 is 16.1. The zero-order chi connectivity index (χ0) is 22.6. The fourth-order valence-corrected chi connectivity index (χ4v) is 4.52. The smallest absolute Gasteiger partial charge is 0.340 e. The molecule has 0 spiro atoms. The number of carbonyl (C=O) groups is 2. The summed E-state index contributed by atoms with van der Waals surface area (Å²) in [6, 6.07) is 3.48. The van der Waals surface area contributed by atoms with Gasteiger partial charge in [-0.1, -0.05) is 19.3 Å². The molecule has 168 valence electrons. The van der Waals surface area contributed by atoms with Crippen LogP contribution in [0.5, 0.6) is 11.5 Å². The lowest BCUT2D eigenvalue weighted by molar-refractivity contribution is -0.140. The van der Waals surface area contributed by atoms with Gasteiger partial charge in [-0.05, 0) is 42.9 Å². The third-order valence-electron chi connectivity index (χ3n) is 6.24. The molecule has 1 aromatic carbocycles. The summed E-state index contributed by atoms with van der Waals surface area (Å²) in [6.07, 6.45) is 4.45. The number of fused-ring (bicyclic) bond motifs is 1. The highest BCUT2D eigenvalue weighted by Gasteiger charge is 2.34. The maximum Gasteiger partial charge on any atom is 0.340 e. The SMILES string of the molecule is COc1ccc2c(C)c(CC(=O)NCC3(CC(=O)O)CCCCC3)c(=O)oc2c1OC. The third kappa shape index (κ3) is 4.84. The van der Waals surface area contributed by atoms with E-state index in [0.29, 0.717) is 29.0 Å². The predicted molar refractivity (Wildman–Crippen MR) is 115 cm³/mol. The molecule has 0 unspecified atom stereocenters. The van der Waals surface area contributed by atoms with Crippen LogP contribution in [0.2, 0.25) is 0 Å². The zero-order valence-corrected chi connectivity index (χ0v) is 18.2. The second-order valence-electron chi connectivity index (χ2n) is 8.26. The second-order valence-corrected chi connectivity index (χ2v) is 8.26. The maximum absolute atomic E-state index is 12.7. The second kappa shape index (κ2) is 9.41. The molecule has 0 bridgehead atoms. The average molecular weight is 431 g/mol. The van der Waals surface area contributed by atoms with Crippen molar-refractivity contribution in [2.24, 2.45) is 5.41 Å². The molecule has 3 rings (SSSR count). The number of aryl methyl sites for hydroxylation is 1. The Hall–Kier alpha value is -3.03. The van der Waals surface area contributed by atoms with E-state index in [1.165, 1.54) is 14.2 Å². The van der Waals surface area contributed by atoms with Crippen LogP contribution in [0.25, 0.3) is 11.0 Å². The first-order chi connectivity index (χ1) is 14.8. The first-order valence-electron chi connectivity index (χ1n) is 10.5. The molecule has 2 N–H and O–H groups in total. The van der Waals surface area contributed by atoms with Gasteiger partial charge in [0.2, 0.25) is 11.7 Å². The Morgan fingerprint density at radius 1 is 1.16 bits per heavy atom. The van der Waals surface area contributed by atoms with E-state index in [0.717, 1.165) is 32.1 Å². The van der Waals surface area contributed by atoms with E-state index in [2.05, 4.69) is 5.32 Å². The molecule has 2 aromatic rings. The Kier molecular flexibility index (Phi) is 6.87. The summed E-state index contributed by atoms with van der Waals surface area (Å²) in [5.74, 6) is -0.416. The van der Waals surface area contributed by atoms with Crippen molar-refractivity contribution in [3.8, 4) is 11.5 Å². The lowest BCUT2D eigenvalue weighted by Crippen LogP contribution is -2.41. The largest absolute Gasteiger partial charge is 0.493 e. The molecule has 31 heavy (non-hydrogen) atoms. The van der Waals surface area contributed by atoms with Gasteiger partial charge < -0.3 is 24.3 Å². The number of carboxylic acids is 1. The maximum atomic E-state index is 12.7. The van der Waals surface area contributed by atoms with Gasteiger partial charge in [0.15, 0.2) is 11.3 Å². The number of carboxylic acid groups (broad SMARTS) is 1. The van der Waals surface area contributed by atoms with Crippen molar-refractivity contribution in [1.29, 1.82) is 0 Å².